The van der Waals surface area contributed by atoms with Gasteiger partial charge in [0.05, 0.1) is 19.3 Å². The number of hydrogen-bond acceptors (Lipinski definition) is 4. The molecular weight excluding hydrogens is 204 g/mol. The molecule has 1 N–H and O–H groups in total. The van der Waals surface area contributed by atoms with Crippen LogP contribution in [0.25, 0.3) is 0 Å². The van der Waals surface area contributed by atoms with Crippen LogP contribution in [0.5, 0.6) is 5.75 Å². The van der Waals surface area contributed by atoms with Crippen LogP contribution in [-0.4, -0.2) is 21.9 Å². The van der Waals surface area contributed by atoms with Crippen LogP contribution < -0.4 is 10.1 Å². The minimum atomic E-state index is 0.622. The Morgan fingerprint density at radius 2 is 2.19 bits per heavy atom. The highest BCUT2D eigenvalue weighted by molar-refractivity contribution is 5.55. The van der Waals surface area contributed by atoms with Crippen LogP contribution in [0.15, 0.2) is 30.6 Å². The second kappa shape index (κ2) is 4.65. The average molecular weight is 218 g/mol. The Morgan fingerprint density at radius 1 is 1.38 bits per heavy atom. The number of aryl methyl sites for hydroxylation is 1. The highest BCUT2D eigenvalue weighted by Crippen LogP contribution is 2.23. The lowest BCUT2D eigenvalue weighted by molar-refractivity contribution is 0.416. The molecule has 2 rings (SSSR count). The number of nitrogens with one attached hydrogen (secondary N) is 1. The summed E-state index contributed by atoms with van der Waals surface area (Å²) in [5.41, 5.74) is 0.952. The van der Waals surface area contributed by atoms with E-state index in [9.17, 15) is 0 Å². The molecule has 84 valence electrons. The number of nitrogens with zero attached hydrogens (tertiary/aromatic N) is 3. The van der Waals surface area contributed by atoms with Crippen molar-refractivity contribution in [1.29, 1.82) is 0 Å². The quantitative estimate of drug-likeness (QED) is 0.843. The SMILES string of the molecule is COc1ccccc1NCc1nncn1C. The van der Waals surface area contributed by atoms with Crippen LogP contribution in [0.3, 0.4) is 0 Å². The van der Waals surface area contributed by atoms with Gasteiger partial charge in [0.15, 0.2) is 5.82 Å². The maximum absolute atomic E-state index is 5.24. The molecule has 5 nitrogen and oxygen atoms in total. The molecule has 1 aromatic heterocycles. The molecule has 0 aliphatic rings. The Hall–Kier alpha value is -2.04. The number of benzene rings is 1. The Morgan fingerprint density at radius 3 is 2.88 bits per heavy atom. The lowest BCUT2D eigenvalue weighted by Gasteiger charge is -2.09. The van der Waals surface area contributed by atoms with E-state index in [1.807, 2.05) is 35.9 Å². The number of aromatic nitrogens is 3. The molecule has 0 radical (unpaired) electrons. The van der Waals surface area contributed by atoms with Crippen molar-refractivity contribution < 1.29 is 4.74 Å². The van der Waals surface area contributed by atoms with E-state index in [1.54, 1.807) is 13.4 Å². The van der Waals surface area contributed by atoms with Gasteiger partial charge in [-0.05, 0) is 12.1 Å². The Bertz CT molecular complexity index is 467. The lowest BCUT2D eigenvalue weighted by atomic mass is 10.3. The Labute approximate surface area is 94.1 Å². The maximum Gasteiger partial charge on any atom is 0.151 e. The molecule has 0 saturated heterocycles. The fourth-order valence-corrected chi connectivity index (χ4v) is 1.43. The monoisotopic (exact) mass is 218 g/mol. The van der Waals surface area contributed by atoms with Crippen molar-refractivity contribution in [2.45, 2.75) is 6.54 Å². The third kappa shape index (κ3) is 2.13. The van der Waals surface area contributed by atoms with E-state index >= 15 is 0 Å². The molecule has 0 aliphatic heterocycles. The van der Waals surface area contributed by atoms with Crippen molar-refractivity contribution in [3.63, 3.8) is 0 Å². The van der Waals surface area contributed by atoms with E-state index in [1.165, 1.54) is 0 Å². The topological polar surface area (TPSA) is 52.0 Å². The van der Waals surface area contributed by atoms with Gasteiger partial charge in [-0.15, -0.1) is 10.2 Å². The summed E-state index contributed by atoms with van der Waals surface area (Å²) in [5.74, 6) is 1.70. The fourth-order valence-electron chi connectivity index (χ4n) is 1.43. The van der Waals surface area contributed by atoms with Gasteiger partial charge in [-0.3, -0.25) is 0 Å². The van der Waals surface area contributed by atoms with Gasteiger partial charge < -0.3 is 14.6 Å². The van der Waals surface area contributed by atoms with E-state index in [0.717, 1.165) is 17.3 Å². The molecule has 0 unspecified atom stereocenters. The van der Waals surface area contributed by atoms with Crippen molar-refractivity contribution in [3.8, 4) is 5.75 Å². The number of para-hydroxylation sites is 2. The first-order valence-electron chi connectivity index (χ1n) is 5.01. The summed E-state index contributed by atoms with van der Waals surface area (Å²) in [5, 5.41) is 11.1. The van der Waals surface area contributed by atoms with Crippen LogP contribution in [0.4, 0.5) is 5.69 Å². The van der Waals surface area contributed by atoms with E-state index in [4.69, 9.17) is 4.74 Å². The normalized spacial score (nSPS) is 10.1. The molecule has 0 spiro atoms. The molecule has 0 amide bonds. The second-order valence-electron chi connectivity index (χ2n) is 3.41. The molecule has 1 aromatic carbocycles. The summed E-state index contributed by atoms with van der Waals surface area (Å²) in [6.07, 6.45) is 1.68. The van der Waals surface area contributed by atoms with Crippen molar-refractivity contribution in [2.24, 2.45) is 7.05 Å². The van der Waals surface area contributed by atoms with Gasteiger partial charge in [0.2, 0.25) is 0 Å². The van der Waals surface area contributed by atoms with Crippen LogP contribution in [0.1, 0.15) is 5.82 Å². The predicted octanol–water partition coefficient (Wildman–Crippen LogP) is 1.44. The average Bonchev–Trinajstić information content (AvgIpc) is 2.72. The zero-order chi connectivity index (χ0) is 11.4. The standard InChI is InChI=1S/C11H14N4O/c1-15-8-13-14-11(15)7-12-9-5-3-4-6-10(9)16-2/h3-6,8,12H,7H2,1-2H3. The summed E-state index contributed by atoms with van der Waals surface area (Å²) >= 11 is 0. The maximum atomic E-state index is 5.24. The summed E-state index contributed by atoms with van der Waals surface area (Å²) in [4.78, 5) is 0. The van der Waals surface area contributed by atoms with Crippen molar-refractivity contribution >= 4 is 5.69 Å². The third-order valence-corrected chi connectivity index (χ3v) is 2.35. The molecular formula is C11H14N4O. The van der Waals surface area contributed by atoms with E-state index in [2.05, 4.69) is 15.5 Å². The Balaban J connectivity index is 2.07. The van der Waals surface area contributed by atoms with Gasteiger partial charge in [0.25, 0.3) is 0 Å². The first-order chi connectivity index (χ1) is 7.81. The second-order valence-corrected chi connectivity index (χ2v) is 3.41. The fraction of sp³-hybridized carbons (Fsp3) is 0.273. The zero-order valence-electron chi connectivity index (χ0n) is 9.34. The summed E-state index contributed by atoms with van der Waals surface area (Å²) in [6, 6.07) is 7.78. The van der Waals surface area contributed by atoms with Gasteiger partial charge in [0, 0.05) is 7.05 Å². The molecule has 0 aliphatic carbocycles. The molecule has 0 saturated carbocycles. The first-order valence-corrected chi connectivity index (χ1v) is 5.01. The molecule has 0 fully saturated rings. The summed E-state index contributed by atoms with van der Waals surface area (Å²) in [6.45, 7) is 0.622. The van der Waals surface area contributed by atoms with Gasteiger partial charge in [-0.25, -0.2) is 0 Å². The smallest absolute Gasteiger partial charge is 0.151 e. The molecule has 5 heteroatoms. The van der Waals surface area contributed by atoms with Gasteiger partial charge >= 0.3 is 0 Å². The number of anilines is 1. The molecule has 1 heterocycles. The number of ether oxygens (including phenoxy) is 1. The van der Waals surface area contributed by atoms with Crippen LogP contribution in [-0.2, 0) is 13.6 Å². The van der Waals surface area contributed by atoms with E-state index < -0.39 is 0 Å². The summed E-state index contributed by atoms with van der Waals surface area (Å²) < 4.78 is 7.12. The molecule has 0 atom stereocenters. The van der Waals surface area contributed by atoms with Crippen molar-refractivity contribution in [2.75, 3.05) is 12.4 Å². The van der Waals surface area contributed by atoms with Gasteiger partial charge in [-0.1, -0.05) is 12.1 Å². The largest absolute Gasteiger partial charge is 0.495 e. The molecule has 16 heavy (non-hydrogen) atoms. The highest BCUT2D eigenvalue weighted by atomic mass is 16.5. The molecule has 2 aromatic rings. The predicted molar refractivity (Wildman–Crippen MR) is 61.3 cm³/mol. The Kier molecular flexibility index (Phi) is 3.05. The van der Waals surface area contributed by atoms with Crippen LogP contribution in [0, 0.1) is 0 Å². The summed E-state index contributed by atoms with van der Waals surface area (Å²) in [7, 11) is 3.57. The van der Waals surface area contributed by atoms with Crippen molar-refractivity contribution in [3.05, 3.63) is 36.4 Å². The van der Waals surface area contributed by atoms with Crippen molar-refractivity contribution in [1.82, 2.24) is 14.8 Å². The van der Waals surface area contributed by atoms with Crippen LogP contribution in [0.2, 0.25) is 0 Å². The number of methoxy groups -OCH3 is 1. The zero-order valence-corrected chi connectivity index (χ0v) is 9.34. The first kappa shape index (κ1) is 10.5. The minimum absolute atomic E-state index is 0.622. The van der Waals surface area contributed by atoms with Crippen LogP contribution >= 0.6 is 0 Å². The number of hydrogen-bond donors (Lipinski definition) is 1. The lowest BCUT2D eigenvalue weighted by Crippen LogP contribution is -2.06. The number of rotatable bonds is 4. The third-order valence-electron chi connectivity index (χ3n) is 2.35. The van der Waals surface area contributed by atoms with E-state index in [-0.39, 0.29) is 0 Å². The molecule has 0 bridgehead atoms. The van der Waals surface area contributed by atoms with Gasteiger partial charge in [-0.2, -0.15) is 0 Å². The highest BCUT2D eigenvalue weighted by Gasteiger charge is 2.03. The minimum Gasteiger partial charge on any atom is -0.495 e. The van der Waals surface area contributed by atoms with Gasteiger partial charge in [0.1, 0.15) is 12.1 Å². The van der Waals surface area contributed by atoms with E-state index in [0.29, 0.717) is 6.54 Å².